The fraction of sp³-hybridized carbons (Fsp3) is 0.529. The van der Waals surface area contributed by atoms with E-state index in [1.807, 2.05) is 20.8 Å². The maximum absolute atomic E-state index is 12.5. The topological polar surface area (TPSA) is 92.8 Å². The van der Waals surface area contributed by atoms with Gasteiger partial charge in [0.1, 0.15) is 0 Å². The standard InChI is InChI=1S/C17H26N2O5S/c1-6-19(7-2)25(22,23)14-10-8-9-13(11-14)16(21)24-12-15(20)18-17(3,4)5/h8-11H,6-7,12H2,1-5H3,(H,18,20). The number of carbonyl (C=O) groups excluding carboxylic acids is 2. The zero-order valence-corrected chi connectivity index (χ0v) is 16.1. The van der Waals surface area contributed by atoms with Gasteiger partial charge in [0, 0.05) is 18.6 Å². The fourth-order valence-corrected chi connectivity index (χ4v) is 3.67. The molecule has 1 rings (SSSR count). The Morgan fingerprint density at radius 3 is 2.28 bits per heavy atom. The van der Waals surface area contributed by atoms with E-state index in [9.17, 15) is 18.0 Å². The molecular weight excluding hydrogens is 344 g/mol. The van der Waals surface area contributed by atoms with Crippen molar-refractivity contribution in [3.63, 3.8) is 0 Å². The number of carbonyl (C=O) groups is 2. The summed E-state index contributed by atoms with van der Waals surface area (Å²) in [7, 11) is -3.67. The number of esters is 1. The SMILES string of the molecule is CCN(CC)S(=O)(=O)c1cccc(C(=O)OCC(=O)NC(C)(C)C)c1. The average Bonchev–Trinajstić information content (AvgIpc) is 2.52. The number of nitrogens with zero attached hydrogens (tertiary/aromatic N) is 1. The van der Waals surface area contributed by atoms with Crippen molar-refractivity contribution in [1.29, 1.82) is 0 Å². The summed E-state index contributed by atoms with van der Waals surface area (Å²) in [4.78, 5) is 23.8. The maximum atomic E-state index is 12.5. The van der Waals surface area contributed by atoms with Crippen molar-refractivity contribution in [3.8, 4) is 0 Å². The summed E-state index contributed by atoms with van der Waals surface area (Å²) in [6, 6.07) is 5.61. The van der Waals surface area contributed by atoms with E-state index in [-0.39, 0.29) is 10.5 Å². The minimum absolute atomic E-state index is 0.0183. The van der Waals surface area contributed by atoms with Gasteiger partial charge in [-0.15, -0.1) is 0 Å². The van der Waals surface area contributed by atoms with E-state index in [2.05, 4.69) is 5.32 Å². The normalized spacial score (nSPS) is 12.1. The molecule has 0 heterocycles. The highest BCUT2D eigenvalue weighted by molar-refractivity contribution is 7.89. The molecule has 25 heavy (non-hydrogen) atoms. The Balaban J connectivity index is 2.87. The van der Waals surface area contributed by atoms with E-state index in [1.54, 1.807) is 13.8 Å². The third kappa shape index (κ3) is 6.13. The Morgan fingerprint density at radius 1 is 1.16 bits per heavy atom. The molecule has 0 radical (unpaired) electrons. The predicted molar refractivity (Wildman–Crippen MR) is 94.7 cm³/mol. The lowest BCUT2D eigenvalue weighted by molar-refractivity contribution is -0.125. The Kier molecular flexibility index (Phi) is 7.13. The van der Waals surface area contributed by atoms with Crippen LogP contribution in [0.3, 0.4) is 0 Å². The molecule has 0 fully saturated rings. The van der Waals surface area contributed by atoms with Gasteiger partial charge < -0.3 is 10.1 Å². The van der Waals surface area contributed by atoms with Crippen LogP contribution in [0.2, 0.25) is 0 Å². The minimum Gasteiger partial charge on any atom is -0.452 e. The molecule has 1 aromatic rings. The Hall–Kier alpha value is -1.93. The minimum atomic E-state index is -3.67. The molecule has 0 aliphatic rings. The van der Waals surface area contributed by atoms with Crippen LogP contribution in [-0.2, 0) is 19.6 Å². The van der Waals surface area contributed by atoms with Crippen LogP contribution in [0, 0.1) is 0 Å². The van der Waals surface area contributed by atoms with Crippen LogP contribution in [0.5, 0.6) is 0 Å². The van der Waals surface area contributed by atoms with Crippen molar-refractivity contribution in [2.45, 2.75) is 45.1 Å². The molecule has 0 spiro atoms. The fourth-order valence-electron chi connectivity index (χ4n) is 2.16. The second kappa shape index (κ2) is 8.44. The largest absolute Gasteiger partial charge is 0.452 e. The maximum Gasteiger partial charge on any atom is 0.338 e. The van der Waals surface area contributed by atoms with Crippen molar-refractivity contribution >= 4 is 21.9 Å². The Morgan fingerprint density at radius 2 is 1.76 bits per heavy atom. The van der Waals surface area contributed by atoms with Gasteiger partial charge in [-0.25, -0.2) is 13.2 Å². The quantitative estimate of drug-likeness (QED) is 0.739. The van der Waals surface area contributed by atoms with Gasteiger partial charge >= 0.3 is 5.97 Å². The highest BCUT2D eigenvalue weighted by atomic mass is 32.2. The van der Waals surface area contributed by atoms with E-state index in [4.69, 9.17) is 4.74 Å². The van der Waals surface area contributed by atoms with Crippen molar-refractivity contribution in [2.75, 3.05) is 19.7 Å². The predicted octanol–water partition coefficient (Wildman–Crippen LogP) is 1.79. The number of hydrogen-bond acceptors (Lipinski definition) is 5. The van der Waals surface area contributed by atoms with Crippen LogP contribution < -0.4 is 5.32 Å². The zero-order valence-electron chi connectivity index (χ0n) is 15.3. The van der Waals surface area contributed by atoms with Crippen molar-refractivity contribution < 1.29 is 22.7 Å². The number of sulfonamides is 1. The van der Waals surface area contributed by atoms with Gasteiger partial charge in [0.2, 0.25) is 10.0 Å². The molecule has 0 atom stereocenters. The first-order chi connectivity index (χ1) is 11.5. The van der Waals surface area contributed by atoms with Gasteiger partial charge in [0.25, 0.3) is 5.91 Å². The highest BCUT2D eigenvalue weighted by Gasteiger charge is 2.23. The molecule has 0 unspecified atom stereocenters. The molecule has 0 aliphatic carbocycles. The van der Waals surface area contributed by atoms with Crippen molar-refractivity contribution in [2.24, 2.45) is 0 Å². The molecular formula is C17H26N2O5S. The number of rotatable bonds is 7. The van der Waals surface area contributed by atoms with Gasteiger partial charge in [0.05, 0.1) is 10.5 Å². The molecule has 1 amide bonds. The zero-order chi connectivity index (χ0) is 19.3. The number of nitrogens with one attached hydrogen (secondary N) is 1. The molecule has 7 nitrogen and oxygen atoms in total. The lowest BCUT2D eigenvalue weighted by Gasteiger charge is -2.20. The van der Waals surface area contributed by atoms with Crippen LogP contribution in [0.25, 0.3) is 0 Å². The van der Waals surface area contributed by atoms with Crippen molar-refractivity contribution in [3.05, 3.63) is 29.8 Å². The van der Waals surface area contributed by atoms with Gasteiger partial charge in [-0.3, -0.25) is 4.79 Å². The number of ether oxygens (including phenoxy) is 1. The van der Waals surface area contributed by atoms with Gasteiger partial charge in [-0.2, -0.15) is 4.31 Å². The molecule has 140 valence electrons. The summed E-state index contributed by atoms with van der Waals surface area (Å²) in [5, 5.41) is 2.67. The molecule has 0 saturated heterocycles. The van der Waals surface area contributed by atoms with Gasteiger partial charge in [-0.1, -0.05) is 19.9 Å². The van der Waals surface area contributed by atoms with Crippen LogP contribution in [0.15, 0.2) is 29.2 Å². The molecule has 0 saturated carbocycles. The summed E-state index contributed by atoms with van der Waals surface area (Å²) in [5.41, 5.74) is -0.349. The molecule has 0 aliphatic heterocycles. The van der Waals surface area contributed by atoms with E-state index >= 15 is 0 Å². The third-order valence-corrected chi connectivity index (χ3v) is 5.31. The second-order valence-electron chi connectivity index (χ2n) is 6.49. The van der Waals surface area contributed by atoms with E-state index in [0.29, 0.717) is 13.1 Å². The third-order valence-electron chi connectivity index (χ3n) is 3.26. The summed E-state index contributed by atoms with van der Waals surface area (Å²) in [6.45, 7) is 9.17. The molecule has 0 bridgehead atoms. The summed E-state index contributed by atoms with van der Waals surface area (Å²) < 4.78 is 31.3. The van der Waals surface area contributed by atoms with Crippen LogP contribution >= 0.6 is 0 Å². The first-order valence-corrected chi connectivity index (χ1v) is 9.53. The van der Waals surface area contributed by atoms with Crippen LogP contribution in [0.4, 0.5) is 0 Å². The van der Waals surface area contributed by atoms with E-state index in [1.165, 1.54) is 28.6 Å². The van der Waals surface area contributed by atoms with E-state index in [0.717, 1.165) is 0 Å². The lowest BCUT2D eigenvalue weighted by atomic mass is 10.1. The van der Waals surface area contributed by atoms with Crippen LogP contribution in [-0.4, -0.2) is 49.8 Å². The lowest BCUT2D eigenvalue weighted by Crippen LogP contribution is -2.42. The number of amides is 1. The van der Waals surface area contributed by atoms with E-state index < -0.39 is 34.0 Å². The molecule has 1 N–H and O–H groups in total. The first-order valence-electron chi connectivity index (χ1n) is 8.09. The molecule has 0 aromatic heterocycles. The highest BCUT2D eigenvalue weighted by Crippen LogP contribution is 2.17. The molecule has 8 heteroatoms. The Bertz CT molecular complexity index is 719. The second-order valence-corrected chi connectivity index (χ2v) is 8.43. The average molecular weight is 370 g/mol. The van der Waals surface area contributed by atoms with Gasteiger partial charge in [0.15, 0.2) is 6.61 Å². The smallest absolute Gasteiger partial charge is 0.338 e. The monoisotopic (exact) mass is 370 g/mol. The van der Waals surface area contributed by atoms with Crippen LogP contribution in [0.1, 0.15) is 45.0 Å². The Labute approximate surface area is 149 Å². The summed E-state index contributed by atoms with van der Waals surface area (Å²) in [5.74, 6) is -1.17. The van der Waals surface area contributed by atoms with Gasteiger partial charge in [-0.05, 0) is 39.0 Å². The van der Waals surface area contributed by atoms with Crippen molar-refractivity contribution in [1.82, 2.24) is 9.62 Å². The molecule has 1 aromatic carbocycles. The summed E-state index contributed by atoms with van der Waals surface area (Å²) in [6.07, 6.45) is 0. The number of benzene rings is 1. The first kappa shape index (κ1) is 21.1. The number of hydrogen-bond donors (Lipinski definition) is 1. The summed E-state index contributed by atoms with van der Waals surface area (Å²) >= 11 is 0.